The molecule has 0 aliphatic carbocycles. The van der Waals surface area contributed by atoms with Gasteiger partial charge in [0.05, 0.1) is 0 Å². The van der Waals surface area contributed by atoms with Gasteiger partial charge in [-0.25, -0.2) is 5.06 Å². The lowest BCUT2D eigenvalue weighted by atomic mass is 10.1. The Morgan fingerprint density at radius 1 is 0.882 bits per heavy atom. The normalized spacial score (nSPS) is 11.1. The maximum atomic E-state index is 13.1. The molecule has 0 fully saturated rings. The molecule has 2 aromatic carbocycles. The van der Waals surface area contributed by atoms with Crippen molar-refractivity contribution in [3.8, 4) is 0 Å². The quantitative estimate of drug-likeness (QED) is 0.197. The Morgan fingerprint density at radius 3 is 2.29 bits per heavy atom. The molecule has 0 spiro atoms. The number of carbonyl (C=O) groups excluding carboxylic acids is 1. The van der Waals surface area contributed by atoms with Crippen molar-refractivity contribution < 1.29 is 19.5 Å². The Balaban J connectivity index is 1.88. The molecule has 0 saturated carbocycles. The molecule has 0 heterocycles. The van der Waals surface area contributed by atoms with E-state index in [1.807, 2.05) is 54.6 Å². The van der Waals surface area contributed by atoms with E-state index in [4.69, 9.17) is 9.94 Å². The molecule has 0 saturated heterocycles. The molecule has 1 amide bonds. The molecule has 5 nitrogen and oxygen atoms in total. The van der Waals surface area contributed by atoms with E-state index in [0.29, 0.717) is 24.9 Å². The minimum Gasteiger partial charge on any atom is -0.481 e. The molecule has 0 aliphatic heterocycles. The van der Waals surface area contributed by atoms with Crippen molar-refractivity contribution in [1.29, 1.82) is 0 Å². The molecular weight excluding hydrogens is 426 g/mol. The van der Waals surface area contributed by atoms with Crippen LogP contribution in [-0.2, 0) is 16.2 Å². The van der Waals surface area contributed by atoms with Gasteiger partial charge in [0.25, 0.3) is 5.91 Å². The fourth-order valence-electron chi connectivity index (χ4n) is 3.63. The number of allylic oxidation sites excluding steroid dienone is 1. The van der Waals surface area contributed by atoms with Crippen LogP contribution in [0.1, 0.15) is 92.6 Å². The van der Waals surface area contributed by atoms with E-state index < -0.39 is 5.97 Å². The molecule has 34 heavy (non-hydrogen) atoms. The van der Waals surface area contributed by atoms with Gasteiger partial charge in [-0.1, -0.05) is 93.6 Å². The van der Waals surface area contributed by atoms with Crippen LogP contribution in [0.4, 0.5) is 0 Å². The van der Waals surface area contributed by atoms with Crippen LogP contribution in [0.3, 0.4) is 0 Å². The maximum absolute atomic E-state index is 13.1. The number of amides is 1. The maximum Gasteiger partial charge on any atom is 0.303 e. The zero-order valence-corrected chi connectivity index (χ0v) is 20.5. The summed E-state index contributed by atoms with van der Waals surface area (Å²) in [5.41, 5.74) is 2.59. The topological polar surface area (TPSA) is 66.8 Å². The third kappa shape index (κ3) is 11.3. The minimum absolute atomic E-state index is 0.0838. The summed E-state index contributed by atoms with van der Waals surface area (Å²) in [5.74, 6) is -1.04. The van der Waals surface area contributed by atoms with Crippen molar-refractivity contribution in [3.63, 3.8) is 0 Å². The summed E-state index contributed by atoms with van der Waals surface area (Å²) in [6.07, 6.45) is 14.3. The summed E-state index contributed by atoms with van der Waals surface area (Å²) < 4.78 is 0. The van der Waals surface area contributed by atoms with Gasteiger partial charge in [-0.2, -0.15) is 0 Å². The Labute approximate surface area is 204 Å². The second-order valence-electron chi connectivity index (χ2n) is 8.60. The molecular formula is C29H39NO4. The SMILES string of the molecule is CCCCCCCCC=Cc1ccc(C(=O)N(CCCCC(=O)O)OCc2ccccc2)cc1. The number of carboxylic acid groups (broad SMARTS) is 1. The van der Waals surface area contributed by atoms with Crippen LogP contribution in [0.2, 0.25) is 0 Å². The number of carbonyl (C=O) groups is 2. The number of hydrogen-bond acceptors (Lipinski definition) is 3. The molecule has 184 valence electrons. The summed E-state index contributed by atoms with van der Waals surface area (Å²) in [4.78, 5) is 29.7. The highest BCUT2D eigenvalue weighted by atomic mass is 16.7. The van der Waals surface area contributed by atoms with Crippen molar-refractivity contribution in [3.05, 3.63) is 77.4 Å². The van der Waals surface area contributed by atoms with Gasteiger partial charge in [-0.05, 0) is 48.9 Å². The second-order valence-corrected chi connectivity index (χ2v) is 8.60. The van der Waals surface area contributed by atoms with Crippen molar-refractivity contribution in [2.24, 2.45) is 0 Å². The van der Waals surface area contributed by atoms with Crippen LogP contribution in [0.25, 0.3) is 6.08 Å². The molecule has 0 unspecified atom stereocenters. The van der Waals surface area contributed by atoms with Crippen LogP contribution < -0.4 is 0 Å². The van der Waals surface area contributed by atoms with E-state index >= 15 is 0 Å². The third-order valence-electron chi connectivity index (χ3n) is 5.65. The van der Waals surface area contributed by atoms with E-state index in [9.17, 15) is 9.59 Å². The highest BCUT2D eigenvalue weighted by Gasteiger charge is 2.17. The summed E-state index contributed by atoms with van der Waals surface area (Å²) in [6, 6.07) is 17.2. The standard InChI is InChI=1S/C29H39NO4/c1-2-3-4-5-6-7-8-10-15-25-19-21-27(22-20-25)29(33)30(23-14-13-18-28(31)32)34-24-26-16-11-9-12-17-26/h9-12,15-17,19-22H,2-8,13-14,18,23-24H2,1H3,(H,31,32). The van der Waals surface area contributed by atoms with Crippen molar-refractivity contribution in [2.75, 3.05) is 6.54 Å². The molecule has 0 atom stereocenters. The average Bonchev–Trinajstić information content (AvgIpc) is 2.85. The van der Waals surface area contributed by atoms with Crippen LogP contribution in [0.15, 0.2) is 60.7 Å². The first-order chi connectivity index (χ1) is 16.6. The lowest BCUT2D eigenvalue weighted by Crippen LogP contribution is -2.32. The first-order valence-electron chi connectivity index (χ1n) is 12.6. The average molecular weight is 466 g/mol. The van der Waals surface area contributed by atoms with Crippen LogP contribution >= 0.6 is 0 Å². The number of carboxylic acids is 1. The van der Waals surface area contributed by atoms with Crippen molar-refractivity contribution in [1.82, 2.24) is 5.06 Å². The summed E-state index contributed by atoms with van der Waals surface area (Å²) in [5, 5.41) is 10.2. The van der Waals surface area contributed by atoms with Gasteiger partial charge in [-0.15, -0.1) is 0 Å². The summed E-state index contributed by atoms with van der Waals surface area (Å²) in [6.45, 7) is 2.86. The number of unbranched alkanes of at least 4 members (excludes halogenated alkanes) is 7. The Morgan fingerprint density at radius 2 is 1.59 bits per heavy atom. The van der Waals surface area contributed by atoms with E-state index in [2.05, 4.69) is 19.1 Å². The number of hydrogen-bond donors (Lipinski definition) is 1. The molecule has 2 aromatic rings. The number of rotatable bonds is 17. The van der Waals surface area contributed by atoms with Gasteiger partial charge in [0, 0.05) is 18.5 Å². The third-order valence-corrected chi connectivity index (χ3v) is 5.65. The Bertz CT molecular complexity index is 861. The van der Waals surface area contributed by atoms with E-state index in [0.717, 1.165) is 17.5 Å². The zero-order chi connectivity index (χ0) is 24.4. The predicted molar refractivity (Wildman–Crippen MR) is 137 cm³/mol. The fraction of sp³-hybridized carbons (Fsp3) is 0.448. The van der Waals surface area contributed by atoms with Crippen LogP contribution in [-0.4, -0.2) is 28.6 Å². The minimum atomic E-state index is -0.830. The molecule has 0 radical (unpaired) electrons. The van der Waals surface area contributed by atoms with E-state index in [1.54, 1.807) is 0 Å². The fourth-order valence-corrected chi connectivity index (χ4v) is 3.63. The summed E-state index contributed by atoms with van der Waals surface area (Å²) >= 11 is 0. The zero-order valence-electron chi connectivity index (χ0n) is 20.5. The lowest BCUT2D eigenvalue weighted by molar-refractivity contribution is -0.138. The first kappa shape index (κ1) is 27.3. The van der Waals surface area contributed by atoms with E-state index in [-0.39, 0.29) is 18.9 Å². The monoisotopic (exact) mass is 465 g/mol. The van der Waals surface area contributed by atoms with Gasteiger partial charge in [0.15, 0.2) is 0 Å². The molecule has 0 aromatic heterocycles. The van der Waals surface area contributed by atoms with Gasteiger partial charge in [-0.3, -0.25) is 14.4 Å². The Kier molecular flexibility index (Phi) is 13.4. The van der Waals surface area contributed by atoms with Crippen molar-refractivity contribution >= 4 is 18.0 Å². The van der Waals surface area contributed by atoms with Crippen molar-refractivity contribution in [2.45, 2.75) is 77.7 Å². The van der Waals surface area contributed by atoms with E-state index in [1.165, 1.54) is 43.6 Å². The lowest BCUT2D eigenvalue weighted by Gasteiger charge is -2.22. The van der Waals surface area contributed by atoms with Gasteiger partial charge in [0.1, 0.15) is 6.61 Å². The number of aliphatic carboxylic acids is 1. The number of hydroxylamine groups is 2. The first-order valence-corrected chi connectivity index (χ1v) is 12.6. The van der Waals surface area contributed by atoms with Gasteiger partial charge >= 0.3 is 5.97 Å². The molecule has 5 heteroatoms. The summed E-state index contributed by atoms with van der Waals surface area (Å²) in [7, 11) is 0. The Hall–Kier alpha value is -2.92. The second kappa shape index (κ2) is 16.7. The molecule has 2 rings (SSSR count). The highest BCUT2D eigenvalue weighted by molar-refractivity contribution is 5.93. The van der Waals surface area contributed by atoms with Crippen LogP contribution in [0, 0.1) is 0 Å². The largest absolute Gasteiger partial charge is 0.481 e. The highest BCUT2D eigenvalue weighted by Crippen LogP contribution is 2.14. The molecule has 0 aliphatic rings. The van der Waals surface area contributed by atoms with Gasteiger partial charge < -0.3 is 5.11 Å². The number of benzene rings is 2. The van der Waals surface area contributed by atoms with Crippen LogP contribution in [0.5, 0.6) is 0 Å². The predicted octanol–water partition coefficient (Wildman–Crippen LogP) is 7.28. The smallest absolute Gasteiger partial charge is 0.303 e. The molecule has 0 bridgehead atoms. The van der Waals surface area contributed by atoms with Gasteiger partial charge in [0.2, 0.25) is 0 Å². The molecule has 1 N–H and O–H groups in total. The number of nitrogens with zero attached hydrogens (tertiary/aromatic N) is 1.